The Balaban J connectivity index is 1.71. The van der Waals surface area contributed by atoms with Crippen LogP contribution in [-0.4, -0.2) is 44.3 Å². The summed E-state index contributed by atoms with van der Waals surface area (Å²) in [7, 11) is -4.17. The molecule has 0 saturated heterocycles. The fourth-order valence-electron chi connectivity index (χ4n) is 4.87. The fraction of sp³-hybridized carbons (Fsp3) is 0.278. The summed E-state index contributed by atoms with van der Waals surface area (Å²) in [6.45, 7) is 7.91. The second kappa shape index (κ2) is 15.4. The van der Waals surface area contributed by atoms with Crippen molar-refractivity contribution >= 4 is 27.5 Å². The van der Waals surface area contributed by atoms with Crippen molar-refractivity contribution < 1.29 is 22.7 Å². The largest absolute Gasteiger partial charge is 0.457 e. The average molecular weight is 628 g/mol. The van der Waals surface area contributed by atoms with Crippen LogP contribution in [0, 0.1) is 12.8 Å². The first-order chi connectivity index (χ1) is 21.6. The second-order valence-electron chi connectivity index (χ2n) is 11.2. The summed E-state index contributed by atoms with van der Waals surface area (Å²) in [5.74, 6) is 0.624. The van der Waals surface area contributed by atoms with Crippen molar-refractivity contribution in [2.75, 3.05) is 17.4 Å². The minimum absolute atomic E-state index is 0.0505. The molecule has 0 radical (unpaired) electrons. The first kappa shape index (κ1) is 33.3. The van der Waals surface area contributed by atoms with Crippen LogP contribution in [-0.2, 0) is 26.2 Å². The van der Waals surface area contributed by atoms with Crippen molar-refractivity contribution in [2.45, 2.75) is 51.6 Å². The first-order valence-corrected chi connectivity index (χ1v) is 16.6. The molecule has 45 heavy (non-hydrogen) atoms. The number of para-hydroxylation sites is 1. The number of sulfonamides is 1. The quantitative estimate of drug-likeness (QED) is 0.171. The molecule has 0 heterocycles. The molecule has 4 rings (SSSR count). The second-order valence-corrected chi connectivity index (χ2v) is 13.1. The van der Waals surface area contributed by atoms with Crippen LogP contribution < -0.4 is 14.4 Å². The molecule has 0 aliphatic rings. The van der Waals surface area contributed by atoms with Gasteiger partial charge in [0.1, 0.15) is 24.1 Å². The maximum atomic E-state index is 14.3. The van der Waals surface area contributed by atoms with Gasteiger partial charge >= 0.3 is 0 Å². The van der Waals surface area contributed by atoms with Crippen molar-refractivity contribution in [3.8, 4) is 11.5 Å². The molecule has 0 saturated carbocycles. The van der Waals surface area contributed by atoms with E-state index in [2.05, 4.69) is 5.32 Å². The molecule has 2 amide bonds. The van der Waals surface area contributed by atoms with Gasteiger partial charge in [-0.25, -0.2) is 8.42 Å². The predicted octanol–water partition coefficient (Wildman–Crippen LogP) is 6.56. The molecular formula is C36H41N3O5S. The molecule has 4 aromatic carbocycles. The van der Waals surface area contributed by atoms with Crippen molar-refractivity contribution in [3.63, 3.8) is 0 Å². The molecule has 0 bridgehead atoms. The van der Waals surface area contributed by atoms with Crippen LogP contribution in [0.3, 0.4) is 0 Å². The van der Waals surface area contributed by atoms with Crippen molar-refractivity contribution in [3.05, 3.63) is 120 Å². The van der Waals surface area contributed by atoms with E-state index >= 15 is 0 Å². The highest BCUT2D eigenvalue weighted by Crippen LogP contribution is 2.29. The van der Waals surface area contributed by atoms with E-state index in [0.717, 1.165) is 15.4 Å². The number of aryl methyl sites for hydroxylation is 1. The molecule has 1 atom stereocenters. The van der Waals surface area contributed by atoms with Gasteiger partial charge in [0, 0.05) is 13.1 Å². The molecule has 0 spiro atoms. The SMILES string of the molecule is CC[C@H](C(=O)NCC(C)C)N(Cc1ccccc1C)C(=O)CN(c1ccc(Oc2ccccc2)cc1)S(=O)(=O)c1ccccc1. The number of ether oxygens (including phenoxy) is 1. The topological polar surface area (TPSA) is 96.0 Å². The van der Waals surface area contributed by atoms with Gasteiger partial charge < -0.3 is 15.0 Å². The van der Waals surface area contributed by atoms with Gasteiger partial charge in [0.2, 0.25) is 11.8 Å². The van der Waals surface area contributed by atoms with Gasteiger partial charge in [-0.1, -0.05) is 81.4 Å². The van der Waals surface area contributed by atoms with E-state index in [0.29, 0.717) is 30.2 Å². The van der Waals surface area contributed by atoms with Gasteiger partial charge in [0.25, 0.3) is 10.0 Å². The van der Waals surface area contributed by atoms with Crippen molar-refractivity contribution in [2.24, 2.45) is 5.92 Å². The lowest BCUT2D eigenvalue weighted by atomic mass is 10.1. The number of carbonyl (C=O) groups excluding carboxylic acids is 2. The van der Waals surface area contributed by atoms with E-state index in [9.17, 15) is 18.0 Å². The molecule has 0 aliphatic heterocycles. The predicted molar refractivity (Wildman–Crippen MR) is 178 cm³/mol. The lowest BCUT2D eigenvalue weighted by molar-refractivity contribution is -0.140. The summed E-state index contributed by atoms with van der Waals surface area (Å²) in [4.78, 5) is 29.2. The summed E-state index contributed by atoms with van der Waals surface area (Å²) < 4.78 is 35.2. The number of carbonyl (C=O) groups is 2. The number of nitrogens with zero attached hydrogens (tertiary/aromatic N) is 2. The van der Waals surface area contributed by atoms with Gasteiger partial charge in [-0.2, -0.15) is 0 Å². The van der Waals surface area contributed by atoms with Crippen LogP contribution in [0.25, 0.3) is 0 Å². The highest BCUT2D eigenvalue weighted by Gasteiger charge is 2.34. The van der Waals surface area contributed by atoms with Crippen LogP contribution in [0.1, 0.15) is 38.3 Å². The Hall–Kier alpha value is -4.63. The van der Waals surface area contributed by atoms with Crippen LogP contribution in [0.5, 0.6) is 11.5 Å². The number of nitrogens with one attached hydrogen (secondary N) is 1. The molecule has 0 aliphatic carbocycles. The summed E-state index contributed by atoms with van der Waals surface area (Å²) in [6, 6.07) is 30.7. The maximum Gasteiger partial charge on any atom is 0.264 e. The summed E-state index contributed by atoms with van der Waals surface area (Å²) in [5, 5.41) is 2.96. The number of rotatable bonds is 14. The van der Waals surface area contributed by atoms with Gasteiger partial charge in [0.15, 0.2) is 0 Å². The van der Waals surface area contributed by atoms with E-state index in [1.54, 1.807) is 42.5 Å². The average Bonchev–Trinajstić information content (AvgIpc) is 3.04. The maximum absolute atomic E-state index is 14.3. The summed E-state index contributed by atoms with van der Waals surface area (Å²) in [5.41, 5.74) is 2.14. The van der Waals surface area contributed by atoms with Crippen LogP contribution >= 0.6 is 0 Å². The third-order valence-corrected chi connectivity index (χ3v) is 9.17. The molecule has 4 aromatic rings. The van der Waals surface area contributed by atoms with Gasteiger partial charge in [-0.15, -0.1) is 0 Å². The molecular weight excluding hydrogens is 586 g/mol. The molecule has 0 unspecified atom stereocenters. The molecule has 236 valence electrons. The Kier molecular flexibility index (Phi) is 11.4. The summed E-state index contributed by atoms with van der Waals surface area (Å²) >= 11 is 0. The third kappa shape index (κ3) is 8.73. The van der Waals surface area contributed by atoms with Gasteiger partial charge in [-0.05, 0) is 78.9 Å². The van der Waals surface area contributed by atoms with E-state index in [-0.39, 0.29) is 23.3 Å². The van der Waals surface area contributed by atoms with Crippen molar-refractivity contribution in [1.29, 1.82) is 0 Å². The molecule has 0 aromatic heterocycles. The molecule has 0 fully saturated rings. The zero-order chi connectivity index (χ0) is 32.4. The standard InChI is InChI=1S/C36H41N3O5S/c1-5-34(36(41)37-24-27(2)3)38(25-29-15-13-12-14-28(29)4)35(40)26-39(45(42,43)33-18-10-7-11-19-33)30-20-22-32(23-21-30)44-31-16-8-6-9-17-31/h6-23,27,34H,5,24-26H2,1-4H3,(H,37,41)/t34-/m1/s1. The van der Waals surface area contributed by atoms with Crippen LogP contribution in [0.4, 0.5) is 5.69 Å². The van der Waals surface area contributed by atoms with E-state index in [1.807, 2.05) is 82.3 Å². The van der Waals surface area contributed by atoms with E-state index in [4.69, 9.17) is 4.74 Å². The number of hydrogen-bond donors (Lipinski definition) is 1. The Labute approximate surface area is 266 Å². The zero-order valence-electron chi connectivity index (χ0n) is 26.2. The molecule has 8 nitrogen and oxygen atoms in total. The highest BCUT2D eigenvalue weighted by molar-refractivity contribution is 7.92. The minimum Gasteiger partial charge on any atom is -0.457 e. The third-order valence-electron chi connectivity index (χ3n) is 7.39. The zero-order valence-corrected chi connectivity index (χ0v) is 27.0. The smallest absolute Gasteiger partial charge is 0.264 e. The normalized spacial score (nSPS) is 11.9. The lowest BCUT2D eigenvalue weighted by Crippen LogP contribution is -2.52. The Bertz CT molecular complexity index is 1660. The van der Waals surface area contributed by atoms with Crippen molar-refractivity contribution in [1.82, 2.24) is 10.2 Å². The lowest BCUT2D eigenvalue weighted by Gasteiger charge is -2.33. The van der Waals surface area contributed by atoms with Crippen LogP contribution in [0.15, 0.2) is 114 Å². The minimum atomic E-state index is -4.17. The summed E-state index contributed by atoms with van der Waals surface area (Å²) in [6.07, 6.45) is 0.360. The monoisotopic (exact) mass is 627 g/mol. The first-order valence-electron chi connectivity index (χ1n) is 15.1. The number of amides is 2. The number of anilines is 1. The van der Waals surface area contributed by atoms with Crippen LogP contribution in [0.2, 0.25) is 0 Å². The molecule has 9 heteroatoms. The van der Waals surface area contributed by atoms with Gasteiger partial charge in [0.05, 0.1) is 10.6 Å². The van der Waals surface area contributed by atoms with E-state index in [1.165, 1.54) is 17.0 Å². The Morgan fingerprint density at radius 1 is 0.800 bits per heavy atom. The molecule has 1 N–H and O–H groups in total. The van der Waals surface area contributed by atoms with E-state index < -0.39 is 28.5 Å². The highest BCUT2D eigenvalue weighted by atomic mass is 32.2. The Morgan fingerprint density at radius 2 is 1.38 bits per heavy atom. The fourth-order valence-corrected chi connectivity index (χ4v) is 6.30. The Morgan fingerprint density at radius 3 is 1.98 bits per heavy atom. The number of benzene rings is 4. The number of hydrogen-bond acceptors (Lipinski definition) is 5. The van der Waals surface area contributed by atoms with Gasteiger partial charge in [-0.3, -0.25) is 13.9 Å².